The van der Waals surface area contributed by atoms with Gasteiger partial charge in [-0.05, 0) is 43.2 Å². The number of hydrogen-bond acceptors (Lipinski definition) is 4. The van der Waals surface area contributed by atoms with Crippen molar-refractivity contribution >= 4 is 29.1 Å². The van der Waals surface area contributed by atoms with E-state index in [4.69, 9.17) is 9.47 Å². The molecule has 1 saturated heterocycles. The maximum atomic E-state index is 13.1. The molecular formula is C20H23ClFN3O2. The van der Waals surface area contributed by atoms with E-state index < -0.39 is 0 Å². The lowest BCUT2D eigenvalue weighted by atomic mass is 10.1. The molecule has 0 amide bonds. The summed E-state index contributed by atoms with van der Waals surface area (Å²) in [4.78, 5) is 4.53. The molecule has 0 radical (unpaired) electrons. The quantitative estimate of drug-likeness (QED) is 0.708. The molecule has 0 atom stereocenters. The molecule has 5 nitrogen and oxygen atoms in total. The first-order chi connectivity index (χ1) is 12.6. The Bertz CT molecular complexity index is 921. The Morgan fingerprint density at radius 2 is 1.85 bits per heavy atom. The van der Waals surface area contributed by atoms with Crippen molar-refractivity contribution in [3.63, 3.8) is 0 Å². The third kappa shape index (κ3) is 3.93. The van der Waals surface area contributed by atoms with Gasteiger partial charge in [-0.1, -0.05) is 12.1 Å². The number of fused-ring (bicyclic) bond motifs is 1. The topological polar surface area (TPSA) is 48.3 Å². The highest BCUT2D eigenvalue weighted by Gasteiger charge is 2.21. The van der Waals surface area contributed by atoms with Crippen LogP contribution in [0.15, 0.2) is 36.5 Å². The van der Waals surface area contributed by atoms with Crippen molar-refractivity contribution in [1.29, 1.82) is 0 Å². The van der Waals surface area contributed by atoms with Gasteiger partial charge in [0.1, 0.15) is 11.6 Å². The molecule has 2 aromatic heterocycles. The summed E-state index contributed by atoms with van der Waals surface area (Å²) in [6.07, 6.45) is 1.61. The number of nitrogens with one attached hydrogen (secondary N) is 1. The van der Waals surface area contributed by atoms with Crippen LogP contribution in [0.25, 0.3) is 10.9 Å². The lowest BCUT2D eigenvalue weighted by Gasteiger charge is -2.13. The van der Waals surface area contributed by atoms with E-state index in [2.05, 4.69) is 28.7 Å². The molecule has 4 rings (SSSR count). The lowest BCUT2D eigenvalue weighted by molar-refractivity contribution is -0.0520. The van der Waals surface area contributed by atoms with E-state index >= 15 is 0 Å². The Labute approximate surface area is 163 Å². The molecule has 0 unspecified atom stereocenters. The summed E-state index contributed by atoms with van der Waals surface area (Å²) < 4.78 is 26.5. The lowest BCUT2D eigenvalue weighted by Crippen LogP contribution is -2.17. The van der Waals surface area contributed by atoms with Crippen LogP contribution in [0.4, 0.5) is 10.2 Å². The molecule has 1 fully saturated rings. The minimum Gasteiger partial charge on any atom is -0.365 e. The van der Waals surface area contributed by atoms with E-state index in [-0.39, 0.29) is 24.5 Å². The molecule has 0 saturated carbocycles. The average Bonchev–Trinajstić information content (AvgIpc) is 3.25. The first kappa shape index (κ1) is 19.6. The normalized spacial score (nSPS) is 14.5. The second-order valence-electron chi connectivity index (χ2n) is 6.53. The van der Waals surface area contributed by atoms with E-state index in [9.17, 15) is 4.39 Å². The summed E-state index contributed by atoms with van der Waals surface area (Å²) in [5, 5.41) is 4.49. The van der Waals surface area contributed by atoms with Crippen molar-refractivity contribution in [1.82, 2.24) is 9.55 Å². The summed E-state index contributed by atoms with van der Waals surface area (Å²) in [7, 11) is 0. The highest BCUT2D eigenvalue weighted by atomic mass is 35.5. The van der Waals surface area contributed by atoms with Crippen LogP contribution in [0, 0.1) is 19.7 Å². The van der Waals surface area contributed by atoms with Crippen molar-refractivity contribution in [2.45, 2.75) is 33.2 Å². The fourth-order valence-corrected chi connectivity index (χ4v) is 3.43. The number of rotatable bonds is 5. The molecule has 3 aromatic rings. The Balaban J connectivity index is 0.00000210. The average molecular weight is 392 g/mol. The van der Waals surface area contributed by atoms with Crippen LogP contribution in [-0.4, -0.2) is 29.1 Å². The molecule has 0 aliphatic carbocycles. The van der Waals surface area contributed by atoms with Gasteiger partial charge in [0, 0.05) is 23.8 Å². The van der Waals surface area contributed by atoms with E-state index in [0.29, 0.717) is 26.3 Å². The summed E-state index contributed by atoms with van der Waals surface area (Å²) >= 11 is 0. The third-order valence-corrected chi connectivity index (χ3v) is 4.94. The number of halogens is 2. The van der Waals surface area contributed by atoms with E-state index in [1.807, 2.05) is 6.07 Å². The summed E-state index contributed by atoms with van der Waals surface area (Å²) in [6.45, 7) is 6.76. The third-order valence-electron chi connectivity index (χ3n) is 4.94. The largest absolute Gasteiger partial charge is 0.365 e. The molecule has 3 heterocycles. The summed E-state index contributed by atoms with van der Waals surface area (Å²) in [5.41, 5.74) is 4.48. The molecule has 0 spiro atoms. The van der Waals surface area contributed by atoms with Gasteiger partial charge in [0.25, 0.3) is 0 Å². The molecular weight excluding hydrogens is 369 g/mol. The predicted molar refractivity (Wildman–Crippen MR) is 106 cm³/mol. The number of anilines is 1. The molecule has 0 bridgehead atoms. The van der Waals surface area contributed by atoms with Gasteiger partial charge < -0.3 is 19.4 Å². The molecule has 27 heavy (non-hydrogen) atoms. The van der Waals surface area contributed by atoms with Crippen LogP contribution < -0.4 is 5.32 Å². The standard InChI is InChI=1S/C20H22FN3O2.ClH/c1-13-14(2)24(12-18-25-9-10-26-18)17-7-8-22-20(19(13)17)23-11-15-3-5-16(21)6-4-15;/h3-8,18H,9-12H2,1-2H3,(H,22,23);1H. The van der Waals surface area contributed by atoms with Gasteiger partial charge in [-0.3, -0.25) is 0 Å². The second-order valence-corrected chi connectivity index (χ2v) is 6.53. The van der Waals surface area contributed by atoms with Gasteiger partial charge in [0.15, 0.2) is 6.29 Å². The van der Waals surface area contributed by atoms with Crippen LogP contribution in [0.3, 0.4) is 0 Å². The van der Waals surface area contributed by atoms with E-state index in [0.717, 1.165) is 22.3 Å². The summed E-state index contributed by atoms with van der Waals surface area (Å²) in [6, 6.07) is 8.52. The minimum atomic E-state index is -0.228. The van der Waals surface area contributed by atoms with Crippen LogP contribution in [0.2, 0.25) is 0 Å². The minimum absolute atomic E-state index is 0. The fraction of sp³-hybridized carbons (Fsp3) is 0.350. The molecule has 1 aliphatic heterocycles. The number of nitrogens with zero attached hydrogens (tertiary/aromatic N) is 2. The molecule has 144 valence electrons. The van der Waals surface area contributed by atoms with Crippen LogP contribution in [0.5, 0.6) is 0 Å². The van der Waals surface area contributed by atoms with E-state index in [1.165, 1.54) is 23.4 Å². The zero-order chi connectivity index (χ0) is 18.1. The van der Waals surface area contributed by atoms with Gasteiger partial charge in [0.05, 0.1) is 25.3 Å². The van der Waals surface area contributed by atoms with Gasteiger partial charge in [-0.25, -0.2) is 9.37 Å². The number of pyridine rings is 1. The van der Waals surface area contributed by atoms with Gasteiger partial charge in [-0.2, -0.15) is 0 Å². The monoisotopic (exact) mass is 391 g/mol. The van der Waals surface area contributed by atoms with Crippen molar-refractivity contribution in [2.75, 3.05) is 18.5 Å². The Morgan fingerprint density at radius 1 is 1.15 bits per heavy atom. The molecule has 1 aromatic carbocycles. The Morgan fingerprint density at radius 3 is 2.56 bits per heavy atom. The zero-order valence-electron chi connectivity index (χ0n) is 15.4. The zero-order valence-corrected chi connectivity index (χ0v) is 16.2. The van der Waals surface area contributed by atoms with Gasteiger partial charge in [-0.15, -0.1) is 12.4 Å². The first-order valence-electron chi connectivity index (χ1n) is 8.79. The maximum absolute atomic E-state index is 13.1. The predicted octanol–water partition coefficient (Wildman–Crippen LogP) is 4.20. The first-order valence-corrected chi connectivity index (χ1v) is 8.79. The number of hydrogen-bond donors (Lipinski definition) is 1. The van der Waals surface area contributed by atoms with Crippen LogP contribution >= 0.6 is 12.4 Å². The van der Waals surface area contributed by atoms with Gasteiger partial charge in [0.2, 0.25) is 0 Å². The molecule has 1 aliphatic rings. The van der Waals surface area contributed by atoms with Crippen molar-refractivity contribution < 1.29 is 13.9 Å². The number of benzene rings is 1. The summed E-state index contributed by atoms with van der Waals surface area (Å²) in [5.74, 6) is 0.605. The number of aryl methyl sites for hydroxylation is 1. The highest BCUT2D eigenvalue weighted by molar-refractivity contribution is 5.94. The van der Waals surface area contributed by atoms with Crippen molar-refractivity contribution in [2.24, 2.45) is 0 Å². The molecule has 7 heteroatoms. The number of aromatic nitrogens is 2. The fourth-order valence-electron chi connectivity index (χ4n) is 3.43. The van der Waals surface area contributed by atoms with Gasteiger partial charge >= 0.3 is 0 Å². The highest BCUT2D eigenvalue weighted by Crippen LogP contribution is 2.31. The van der Waals surface area contributed by atoms with E-state index in [1.54, 1.807) is 18.3 Å². The van der Waals surface area contributed by atoms with Crippen LogP contribution in [-0.2, 0) is 22.6 Å². The SMILES string of the molecule is Cc1c(C)n(CC2OCCO2)c2ccnc(NCc3ccc(F)cc3)c12.Cl. The smallest absolute Gasteiger partial charge is 0.175 e. The van der Waals surface area contributed by atoms with Crippen LogP contribution in [0.1, 0.15) is 16.8 Å². The Kier molecular flexibility index (Phi) is 5.99. The molecule has 1 N–H and O–H groups in total. The van der Waals surface area contributed by atoms with Crippen molar-refractivity contribution in [3.05, 3.63) is 59.2 Å². The Hall–Kier alpha value is -2.15. The van der Waals surface area contributed by atoms with Crippen molar-refractivity contribution in [3.8, 4) is 0 Å². The number of ether oxygens (including phenoxy) is 2. The second kappa shape index (κ2) is 8.25. The maximum Gasteiger partial charge on any atom is 0.175 e.